The van der Waals surface area contributed by atoms with Crippen LogP contribution in [-0.2, 0) is 9.59 Å². The lowest BCUT2D eigenvalue weighted by atomic mass is 10.2. The first-order chi connectivity index (χ1) is 11.6. The molecule has 1 atom stereocenters. The van der Waals surface area contributed by atoms with Gasteiger partial charge in [0.25, 0.3) is 5.91 Å². The maximum Gasteiger partial charge on any atom is 0.265 e. The van der Waals surface area contributed by atoms with Gasteiger partial charge >= 0.3 is 0 Å². The average Bonchev–Trinajstić information content (AvgIpc) is 2.56. The van der Waals surface area contributed by atoms with E-state index in [1.807, 2.05) is 25.1 Å². The largest absolute Gasteiger partial charge is 0.481 e. The maximum atomic E-state index is 12.2. The molecule has 0 saturated carbocycles. The zero-order valence-electron chi connectivity index (χ0n) is 13.9. The second-order valence-corrected chi connectivity index (χ2v) is 5.44. The summed E-state index contributed by atoms with van der Waals surface area (Å²) in [5, 5.41) is 5.60. The van der Waals surface area contributed by atoms with Crippen LogP contribution >= 0.6 is 0 Å². The van der Waals surface area contributed by atoms with Crippen molar-refractivity contribution >= 4 is 23.2 Å². The molecule has 0 aliphatic heterocycles. The third-order valence-corrected chi connectivity index (χ3v) is 3.32. The molecule has 126 valence electrons. The van der Waals surface area contributed by atoms with Gasteiger partial charge in [-0.1, -0.05) is 31.2 Å². The zero-order valence-corrected chi connectivity index (χ0v) is 13.9. The maximum absolute atomic E-state index is 12.2. The average molecular weight is 326 g/mol. The zero-order chi connectivity index (χ0) is 17.4. The van der Waals surface area contributed by atoms with E-state index in [9.17, 15) is 9.59 Å². The number of nitrogens with one attached hydrogen (secondary N) is 2. The first-order valence-electron chi connectivity index (χ1n) is 8.01. The summed E-state index contributed by atoms with van der Waals surface area (Å²) in [5.74, 6) is 0.346. The van der Waals surface area contributed by atoms with Crippen LogP contribution in [0.2, 0.25) is 0 Å². The lowest BCUT2D eigenvalue weighted by Gasteiger charge is -2.15. The number of amides is 2. The fourth-order valence-electron chi connectivity index (χ4n) is 2.13. The molecule has 0 aromatic heterocycles. The predicted octanol–water partition coefficient (Wildman–Crippen LogP) is 3.83. The van der Waals surface area contributed by atoms with Crippen molar-refractivity contribution in [3.05, 3.63) is 54.6 Å². The van der Waals surface area contributed by atoms with Crippen LogP contribution in [0.4, 0.5) is 11.4 Å². The summed E-state index contributed by atoms with van der Waals surface area (Å²) >= 11 is 0. The minimum absolute atomic E-state index is 0.0400. The highest BCUT2D eigenvalue weighted by molar-refractivity contribution is 5.96. The Morgan fingerprint density at radius 2 is 1.67 bits per heavy atom. The van der Waals surface area contributed by atoms with Gasteiger partial charge in [-0.3, -0.25) is 9.59 Å². The number of rotatable bonds is 7. The first-order valence-corrected chi connectivity index (χ1v) is 8.01. The second kappa shape index (κ2) is 8.72. The molecule has 2 rings (SSSR count). The summed E-state index contributed by atoms with van der Waals surface area (Å²) in [4.78, 5) is 23.9. The molecule has 2 N–H and O–H groups in total. The highest BCUT2D eigenvalue weighted by Crippen LogP contribution is 2.17. The van der Waals surface area contributed by atoms with E-state index in [2.05, 4.69) is 10.6 Å². The van der Waals surface area contributed by atoms with Crippen molar-refractivity contribution in [3.8, 4) is 5.75 Å². The van der Waals surface area contributed by atoms with E-state index in [-0.39, 0.29) is 11.8 Å². The van der Waals surface area contributed by atoms with Crippen LogP contribution in [0.3, 0.4) is 0 Å². The number of anilines is 2. The number of para-hydroxylation sites is 1. The van der Waals surface area contributed by atoms with Gasteiger partial charge in [-0.25, -0.2) is 0 Å². The molecule has 0 heterocycles. The van der Waals surface area contributed by atoms with E-state index in [0.29, 0.717) is 23.5 Å². The lowest BCUT2D eigenvalue weighted by Crippen LogP contribution is -2.30. The minimum Gasteiger partial charge on any atom is -0.481 e. The number of carbonyl (C=O) groups is 2. The summed E-state index contributed by atoms with van der Waals surface area (Å²) in [6, 6.07) is 16.2. The van der Waals surface area contributed by atoms with Crippen molar-refractivity contribution in [1.29, 1.82) is 0 Å². The lowest BCUT2D eigenvalue weighted by molar-refractivity contribution is -0.122. The normalized spacial score (nSPS) is 11.4. The molecule has 0 unspecified atom stereocenters. The Morgan fingerprint density at radius 1 is 1.00 bits per heavy atom. The van der Waals surface area contributed by atoms with Crippen molar-refractivity contribution in [2.75, 3.05) is 10.6 Å². The Hall–Kier alpha value is -2.82. The van der Waals surface area contributed by atoms with Crippen LogP contribution in [0, 0.1) is 0 Å². The van der Waals surface area contributed by atoms with Gasteiger partial charge in [0.15, 0.2) is 6.10 Å². The number of carbonyl (C=O) groups excluding carboxylic acids is 2. The Kier molecular flexibility index (Phi) is 6.37. The van der Waals surface area contributed by atoms with Crippen LogP contribution in [0.1, 0.15) is 26.7 Å². The predicted molar refractivity (Wildman–Crippen MR) is 95.1 cm³/mol. The van der Waals surface area contributed by atoms with E-state index in [1.165, 1.54) is 0 Å². The second-order valence-electron chi connectivity index (χ2n) is 5.44. The molecule has 0 spiro atoms. The Morgan fingerprint density at radius 3 is 2.33 bits per heavy atom. The van der Waals surface area contributed by atoms with Gasteiger partial charge in [0.05, 0.1) is 0 Å². The molecular formula is C19H22N2O3. The molecule has 0 saturated heterocycles. The van der Waals surface area contributed by atoms with Crippen LogP contribution in [0.5, 0.6) is 5.75 Å². The van der Waals surface area contributed by atoms with Gasteiger partial charge < -0.3 is 15.4 Å². The molecule has 0 radical (unpaired) electrons. The summed E-state index contributed by atoms with van der Waals surface area (Å²) in [5.41, 5.74) is 1.26. The summed E-state index contributed by atoms with van der Waals surface area (Å²) in [7, 11) is 0. The van der Waals surface area contributed by atoms with E-state index < -0.39 is 6.10 Å². The molecule has 5 heteroatoms. The Labute approximate surface area is 142 Å². The first kappa shape index (κ1) is 17.5. The smallest absolute Gasteiger partial charge is 0.265 e. The van der Waals surface area contributed by atoms with Gasteiger partial charge in [-0.15, -0.1) is 0 Å². The SMILES string of the molecule is CCCC(=O)Nc1cccc(NC(=O)[C@@H](C)Oc2ccccc2)c1. The summed E-state index contributed by atoms with van der Waals surface area (Å²) in [6.45, 7) is 3.64. The Bertz CT molecular complexity index is 686. The number of ether oxygens (including phenoxy) is 1. The van der Waals surface area contributed by atoms with Crippen molar-refractivity contribution in [3.63, 3.8) is 0 Å². The molecule has 2 aromatic rings. The van der Waals surface area contributed by atoms with Gasteiger partial charge in [0.1, 0.15) is 5.75 Å². The van der Waals surface area contributed by atoms with E-state index >= 15 is 0 Å². The van der Waals surface area contributed by atoms with Crippen LogP contribution < -0.4 is 15.4 Å². The molecule has 2 aromatic carbocycles. The highest BCUT2D eigenvalue weighted by Gasteiger charge is 2.15. The van der Waals surface area contributed by atoms with Gasteiger partial charge in [0.2, 0.25) is 5.91 Å². The number of benzene rings is 2. The third kappa shape index (κ3) is 5.43. The van der Waals surface area contributed by atoms with E-state index in [0.717, 1.165) is 6.42 Å². The monoisotopic (exact) mass is 326 g/mol. The molecule has 2 amide bonds. The molecule has 0 fully saturated rings. The van der Waals surface area contributed by atoms with Crippen LogP contribution in [0.25, 0.3) is 0 Å². The summed E-state index contributed by atoms with van der Waals surface area (Å²) < 4.78 is 5.59. The van der Waals surface area contributed by atoms with Gasteiger partial charge in [-0.2, -0.15) is 0 Å². The topological polar surface area (TPSA) is 67.4 Å². The molecule has 24 heavy (non-hydrogen) atoms. The third-order valence-electron chi connectivity index (χ3n) is 3.32. The molecule has 0 aliphatic rings. The standard InChI is InChI=1S/C19H22N2O3/c1-3-8-18(22)20-15-9-7-10-16(13-15)21-19(23)14(2)24-17-11-5-4-6-12-17/h4-7,9-14H,3,8H2,1-2H3,(H,20,22)(H,21,23)/t14-/m1/s1. The molecule has 5 nitrogen and oxygen atoms in total. The van der Waals surface area contributed by atoms with Crippen molar-refractivity contribution < 1.29 is 14.3 Å². The fourth-order valence-corrected chi connectivity index (χ4v) is 2.13. The number of hydrogen-bond acceptors (Lipinski definition) is 3. The van der Waals surface area contributed by atoms with Gasteiger partial charge in [0, 0.05) is 17.8 Å². The Balaban J connectivity index is 1.94. The highest BCUT2D eigenvalue weighted by atomic mass is 16.5. The minimum atomic E-state index is -0.634. The van der Waals surface area contributed by atoms with Crippen LogP contribution in [-0.4, -0.2) is 17.9 Å². The molecular weight excluding hydrogens is 304 g/mol. The number of hydrogen-bond donors (Lipinski definition) is 2. The van der Waals surface area contributed by atoms with Crippen molar-refractivity contribution in [1.82, 2.24) is 0 Å². The van der Waals surface area contributed by atoms with Crippen molar-refractivity contribution in [2.24, 2.45) is 0 Å². The van der Waals surface area contributed by atoms with E-state index in [1.54, 1.807) is 43.3 Å². The van der Waals surface area contributed by atoms with Crippen molar-refractivity contribution in [2.45, 2.75) is 32.8 Å². The molecule has 0 bridgehead atoms. The quantitative estimate of drug-likeness (QED) is 0.812. The fraction of sp³-hybridized carbons (Fsp3) is 0.263. The molecule has 0 aliphatic carbocycles. The van der Waals surface area contributed by atoms with Crippen LogP contribution in [0.15, 0.2) is 54.6 Å². The van der Waals surface area contributed by atoms with E-state index in [4.69, 9.17) is 4.74 Å². The summed E-state index contributed by atoms with van der Waals surface area (Å²) in [6.07, 6.45) is 0.625. The van der Waals surface area contributed by atoms with Gasteiger partial charge in [-0.05, 0) is 43.7 Å².